The highest BCUT2D eigenvalue weighted by Crippen LogP contribution is 2.26. The first-order chi connectivity index (χ1) is 8.97. The summed E-state index contributed by atoms with van der Waals surface area (Å²) in [5.41, 5.74) is 11.7. The lowest BCUT2D eigenvalue weighted by atomic mass is 10.1. The number of hydrogen-bond donors (Lipinski definition) is 1. The van der Waals surface area contributed by atoms with Gasteiger partial charge in [0.05, 0.1) is 0 Å². The van der Waals surface area contributed by atoms with Crippen LogP contribution in [0.5, 0.6) is 0 Å². The largest absolute Gasteiger partial charge is 0.398 e. The molecule has 0 bridgehead atoms. The molecule has 19 heavy (non-hydrogen) atoms. The van der Waals surface area contributed by atoms with E-state index in [2.05, 4.69) is 66.0 Å². The van der Waals surface area contributed by atoms with Crippen molar-refractivity contribution < 1.29 is 0 Å². The van der Waals surface area contributed by atoms with Gasteiger partial charge in [-0.3, -0.25) is 0 Å². The second-order valence-corrected chi connectivity index (χ2v) is 5.82. The van der Waals surface area contributed by atoms with E-state index in [9.17, 15) is 0 Å². The summed E-state index contributed by atoms with van der Waals surface area (Å²) in [6, 6.07) is 12.6. The first-order valence-corrected chi connectivity index (χ1v) is 7.09. The van der Waals surface area contributed by atoms with E-state index in [-0.39, 0.29) is 0 Å². The Kier molecular flexibility index (Phi) is 4.15. The maximum absolute atomic E-state index is 5.92. The second kappa shape index (κ2) is 5.66. The van der Waals surface area contributed by atoms with Crippen LogP contribution < -0.4 is 10.6 Å². The van der Waals surface area contributed by atoms with Crippen LogP contribution in [0.15, 0.2) is 40.9 Å². The van der Waals surface area contributed by atoms with E-state index in [4.69, 9.17) is 5.73 Å². The molecular formula is C16H19BrN2. The van der Waals surface area contributed by atoms with E-state index in [1.54, 1.807) is 0 Å². The van der Waals surface area contributed by atoms with Crippen molar-refractivity contribution in [2.24, 2.45) is 0 Å². The average Bonchev–Trinajstić information content (AvgIpc) is 2.33. The van der Waals surface area contributed by atoms with Crippen molar-refractivity contribution in [1.82, 2.24) is 0 Å². The molecule has 0 amide bonds. The Morgan fingerprint density at radius 1 is 1.11 bits per heavy atom. The van der Waals surface area contributed by atoms with Crippen LogP contribution in [0.2, 0.25) is 0 Å². The monoisotopic (exact) mass is 318 g/mol. The maximum Gasteiger partial charge on any atom is 0.0461 e. The number of rotatable bonds is 3. The van der Waals surface area contributed by atoms with Crippen molar-refractivity contribution in [1.29, 1.82) is 0 Å². The highest BCUT2D eigenvalue weighted by molar-refractivity contribution is 9.10. The minimum atomic E-state index is 0.784. The van der Waals surface area contributed by atoms with Crippen LogP contribution in [-0.2, 0) is 6.54 Å². The Bertz CT molecular complexity index is 573. The van der Waals surface area contributed by atoms with Crippen molar-refractivity contribution in [2.45, 2.75) is 20.4 Å². The first-order valence-electron chi connectivity index (χ1n) is 6.29. The number of nitrogen functional groups attached to an aromatic ring is 1. The zero-order chi connectivity index (χ0) is 14.0. The molecule has 0 fully saturated rings. The fourth-order valence-electron chi connectivity index (χ4n) is 2.24. The van der Waals surface area contributed by atoms with Crippen molar-refractivity contribution in [3.8, 4) is 0 Å². The highest BCUT2D eigenvalue weighted by Gasteiger charge is 2.07. The fourth-order valence-corrected chi connectivity index (χ4v) is 2.63. The van der Waals surface area contributed by atoms with Gasteiger partial charge in [0.1, 0.15) is 0 Å². The molecular weight excluding hydrogens is 300 g/mol. The Morgan fingerprint density at radius 2 is 1.74 bits per heavy atom. The number of benzene rings is 2. The van der Waals surface area contributed by atoms with E-state index >= 15 is 0 Å². The standard InChI is InChI=1S/C16H19BrN2/c1-11-7-12(2)9-14(8-11)19(3)10-13-5-4-6-15(18)16(13)17/h4-9H,10,18H2,1-3H3. The molecule has 2 aromatic rings. The number of nitrogens with zero attached hydrogens (tertiary/aromatic N) is 1. The smallest absolute Gasteiger partial charge is 0.0461 e. The molecule has 0 unspecified atom stereocenters. The molecule has 0 spiro atoms. The summed E-state index contributed by atoms with van der Waals surface area (Å²) >= 11 is 3.56. The average molecular weight is 319 g/mol. The lowest BCUT2D eigenvalue weighted by Crippen LogP contribution is -2.17. The minimum Gasteiger partial charge on any atom is -0.398 e. The highest BCUT2D eigenvalue weighted by atomic mass is 79.9. The fraction of sp³-hybridized carbons (Fsp3) is 0.250. The zero-order valence-corrected chi connectivity index (χ0v) is 13.2. The molecule has 100 valence electrons. The number of nitrogens with two attached hydrogens (primary N) is 1. The topological polar surface area (TPSA) is 29.3 Å². The molecule has 2 nitrogen and oxygen atoms in total. The number of hydrogen-bond acceptors (Lipinski definition) is 2. The predicted molar refractivity (Wildman–Crippen MR) is 86.6 cm³/mol. The van der Waals surface area contributed by atoms with Gasteiger partial charge in [-0.25, -0.2) is 0 Å². The van der Waals surface area contributed by atoms with Gasteiger partial charge in [-0.2, -0.15) is 0 Å². The van der Waals surface area contributed by atoms with Crippen molar-refractivity contribution in [3.63, 3.8) is 0 Å². The Hall–Kier alpha value is -1.48. The van der Waals surface area contributed by atoms with Crippen LogP contribution in [0.3, 0.4) is 0 Å². The van der Waals surface area contributed by atoms with E-state index in [1.165, 1.54) is 22.4 Å². The first kappa shape index (κ1) is 13.9. The van der Waals surface area contributed by atoms with Crippen LogP contribution in [-0.4, -0.2) is 7.05 Å². The summed E-state index contributed by atoms with van der Waals surface area (Å²) in [6.07, 6.45) is 0. The molecule has 0 aromatic heterocycles. The zero-order valence-electron chi connectivity index (χ0n) is 11.6. The third kappa shape index (κ3) is 3.29. The van der Waals surface area contributed by atoms with E-state index in [0.29, 0.717) is 0 Å². The van der Waals surface area contributed by atoms with Gasteiger partial charge < -0.3 is 10.6 Å². The Labute approximate surface area is 123 Å². The third-order valence-electron chi connectivity index (χ3n) is 3.16. The molecule has 3 heteroatoms. The van der Waals surface area contributed by atoms with Gasteiger partial charge in [0.15, 0.2) is 0 Å². The van der Waals surface area contributed by atoms with E-state index < -0.39 is 0 Å². The van der Waals surface area contributed by atoms with E-state index in [1.807, 2.05) is 12.1 Å². The molecule has 2 aromatic carbocycles. The summed E-state index contributed by atoms with van der Waals surface area (Å²) in [4.78, 5) is 2.24. The van der Waals surface area contributed by atoms with Crippen molar-refractivity contribution in [2.75, 3.05) is 17.7 Å². The molecule has 0 aliphatic rings. The maximum atomic E-state index is 5.92. The van der Waals surface area contributed by atoms with Gasteiger partial charge in [-0.15, -0.1) is 0 Å². The van der Waals surface area contributed by atoms with Gasteiger partial charge >= 0.3 is 0 Å². The number of aryl methyl sites for hydroxylation is 2. The van der Waals surface area contributed by atoms with Crippen molar-refractivity contribution >= 4 is 27.3 Å². The molecule has 0 radical (unpaired) electrons. The molecule has 0 heterocycles. The molecule has 0 saturated carbocycles. The lowest BCUT2D eigenvalue weighted by molar-refractivity contribution is 0.917. The normalized spacial score (nSPS) is 10.5. The van der Waals surface area contributed by atoms with Crippen molar-refractivity contribution in [3.05, 3.63) is 57.6 Å². The van der Waals surface area contributed by atoms with Gasteiger partial charge in [0.2, 0.25) is 0 Å². The molecule has 2 N–H and O–H groups in total. The van der Waals surface area contributed by atoms with Crippen LogP contribution in [0.4, 0.5) is 11.4 Å². The molecule has 0 saturated heterocycles. The summed E-state index contributed by atoms with van der Waals surface area (Å²) < 4.78 is 0.992. The predicted octanol–water partition coefficient (Wildman–Crippen LogP) is 4.28. The van der Waals surface area contributed by atoms with E-state index in [0.717, 1.165) is 16.7 Å². The number of halogens is 1. The molecule has 0 aliphatic carbocycles. The van der Waals surface area contributed by atoms with Gasteiger partial charge in [-0.05, 0) is 64.7 Å². The van der Waals surface area contributed by atoms with Gasteiger partial charge in [0, 0.05) is 29.4 Å². The van der Waals surface area contributed by atoms with Gasteiger partial charge in [-0.1, -0.05) is 18.2 Å². The second-order valence-electron chi connectivity index (χ2n) is 5.02. The van der Waals surface area contributed by atoms with Gasteiger partial charge in [0.25, 0.3) is 0 Å². The van der Waals surface area contributed by atoms with Crippen LogP contribution in [0.25, 0.3) is 0 Å². The molecule has 0 atom stereocenters. The Balaban J connectivity index is 2.25. The quantitative estimate of drug-likeness (QED) is 0.856. The minimum absolute atomic E-state index is 0.784. The van der Waals surface area contributed by atoms with Crippen LogP contribution >= 0.6 is 15.9 Å². The molecule has 0 aliphatic heterocycles. The summed E-state index contributed by atoms with van der Waals surface area (Å²) in [7, 11) is 2.10. The number of anilines is 2. The lowest BCUT2D eigenvalue weighted by Gasteiger charge is -2.21. The SMILES string of the molecule is Cc1cc(C)cc(N(C)Cc2cccc(N)c2Br)c1. The van der Waals surface area contributed by atoms with Crippen LogP contribution in [0, 0.1) is 13.8 Å². The summed E-state index contributed by atoms with van der Waals surface area (Å²) in [5, 5.41) is 0. The Morgan fingerprint density at radius 3 is 2.37 bits per heavy atom. The summed E-state index contributed by atoms with van der Waals surface area (Å²) in [5.74, 6) is 0. The third-order valence-corrected chi connectivity index (χ3v) is 4.13. The van der Waals surface area contributed by atoms with Crippen LogP contribution in [0.1, 0.15) is 16.7 Å². The summed E-state index contributed by atoms with van der Waals surface area (Å²) in [6.45, 7) is 5.08. The molecule has 2 rings (SSSR count).